The largest absolute Gasteiger partial charge is 0.386 e. The normalized spacial score (nSPS) is 18.1. The van der Waals surface area contributed by atoms with E-state index >= 15 is 0 Å². The maximum Gasteiger partial charge on any atom is 0.262 e. The highest BCUT2D eigenvalue weighted by atomic mass is 32.2. The highest BCUT2D eigenvalue weighted by Gasteiger charge is 2.31. The molecule has 0 aliphatic carbocycles. The lowest BCUT2D eigenvalue weighted by Crippen LogP contribution is -2.39. The van der Waals surface area contributed by atoms with Crippen LogP contribution in [0.4, 0.5) is 5.69 Å². The van der Waals surface area contributed by atoms with Crippen molar-refractivity contribution in [1.29, 1.82) is 0 Å². The molecular weight excluding hydrogens is 274 g/mol. The first kappa shape index (κ1) is 15.3. The molecule has 1 aromatic heterocycles. The molecule has 0 spiro atoms. The van der Waals surface area contributed by atoms with Crippen LogP contribution in [0.25, 0.3) is 0 Å². The van der Waals surface area contributed by atoms with Gasteiger partial charge in [0.1, 0.15) is 0 Å². The SMILES string of the molecule is CCCC1CCN(S(=O)(=O)c2ncccc2NC)CC1. The van der Waals surface area contributed by atoms with E-state index in [1.54, 1.807) is 23.5 Å². The Morgan fingerprint density at radius 1 is 1.40 bits per heavy atom. The number of rotatable bonds is 5. The highest BCUT2D eigenvalue weighted by Crippen LogP contribution is 2.28. The van der Waals surface area contributed by atoms with Crippen LogP contribution >= 0.6 is 0 Å². The molecule has 0 atom stereocenters. The van der Waals surface area contributed by atoms with Crippen molar-refractivity contribution in [3.63, 3.8) is 0 Å². The molecule has 5 nitrogen and oxygen atoms in total. The van der Waals surface area contributed by atoms with Gasteiger partial charge in [0.05, 0.1) is 5.69 Å². The van der Waals surface area contributed by atoms with Crippen LogP contribution in [0.15, 0.2) is 23.4 Å². The quantitative estimate of drug-likeness (QED) is 0.906. The number of aromatic nitrogens is 1. The second-order valence-corrected chi connectivity index (χ2v) is 7.10. The Bertz CT molecular complexity index is 537. The van der Waals surface area contributed by atoms with E-state index in [1.165, 1.54) is 19.0 Å². The van der Waals surface area contributed by atoms with Gasteiger partial charge in [-0.15, -0.1) is 0 Å². The standard InChI is InChI=1S/C14H23N3O2S/c1-3-5-12-7-10-17(11-8-12)20(18,19)14-13(15-2)6-4-9-16-14/h4,6,9,12,15H,3,5,7-8,10-11H2,1-2H3. The molecule has 0 radical (unpaired) electrons. The summed E-state index contributed by atoms with van der Waals surface area (Å²) in [6, 6.07) is 3.47. The molecule has 0 bridgehead atoms. The van der Waals surface area contributed by atoms with Crippen molar-refractivity contribution in [1.82, 2.24) is 9.29 Å². The average molecular weight is 297 g/mol. The minimum atomic E-state index is -3.48. The first-order valence-electron chi connectivity index (χ1n) is 7.22. The number of hydrogen-bond donors (Lipinski definition) is 1. The molecule has 0 unspecified atom stereocenters. The van der Waals surface area contributed by atoms with Crippen LogP contribution in [0.5, 0.6) is 0 Å². The van der Waals surface area contributed by atoms with E-state index < -0.39 is 10.0 Å². The highest BCUT2D eigenvalue weighted by molar-refractivity contribution is 7.89. The summed E-state index contributed by atoms with van der Waals surface area (Å²) < 4.78 is 26.9. The predicted octanol–water partition coefficient (Wildman–Crippen LogP) is 2.32. The Labute approximate surface area is 121 Å². The van der Waals surface area contributed by atoms with Crippen LogP contribution in [-0.4, -0.2) is 37.8 Å². The summed E-state index contributed by atoms with van der Waals surface area (Å²) in [6.07, 6.45) is 5.79. The monoisotopic (exact) mass is 297 g/mol. The van der Waals surface area contributed by atoms with Gasteiger partial charge in [-0.05, 0) is 30.9 Å². The number of pyridine rings is 1. The third kappa shape index (κ3) is 3.12. The molecule has 1 aliphatic heterocycles. The van der Waals surface area contributed by atoms with Gasteiger partial charge >= 0.3 is 0 Å². The molecule has 112 valence electrons. The number of nitrogens with one attached hydrogen (secondary N) is 1. The molecule has 1 fully saturated rings. The van der Waals surface area contributed by atoms with Crippen molar-refractivity contribution in [2.24, 2.45) is 5.92 Å². The summed E-state index contributed by atoms with van der Waals surface area (Å²) >= 11 is 0. The van der Waals surface area contributed by atoms with Gasteiger partial charge in [0, 0.05) is 26.3 Å². The van der Waals surface area contributed by atoms with Crippen molar-refractivity contribution >= 4 is 15.7 Å². The van der Waals surface area contributed by atoms with E-state index in [4.69, 9.17) is 0 Å². The second kappa shape index (κ2) is 6.54. The number of anilines is 1. The minimum absolute atomic E-state index is 0.136. The molecule has 1 N–H and O–H groups in total. The lowest BCUT2D eigenvalue weighted by atomic mass is 9.94. The summed E-state index contributed by atoms with van der Waals surface area (Å²) in [5.41, 5.74) is 0.559. The van der Waals surface area contributed by atoms with Gasteiger partial charge in [0.15, 0.2) is 5.03 Å². The molecule has 1 aliphatic rings. The molecule has 0 aromatic carbocycles. The Balaban J connectivity index is 2.16. The molecular formula is C14H23N3O2S. The first-order chi connectivity index (χ1) is 9.59. The smallest absolute Gasteiger partial charge is 0.262 e. The van der Waals surface area contributed by atoms with Crippen molar-refractivity contribution < 1.29 is 8.42 Å². The lowest BCUT2D eigenvalue weighted by Gasteiger charge is -2.31. The fraction of sp³-hybridized carbons (Fsp3) is 0.643. The van der Waals surface area contributed by atoms with Crippen LogP contribution in [0.3, 0.4) is 0 Å². The molecule has 20 heavy (non-hydrogen) atoms. The van der Waals surface area contributed by atoms with Gasteiger partial charge in [0.2, 0.25) is 0 Å². The van der Waals surface area contributed by atoms with Gasteiger partial charge in [-0.25, -0.2) is 13.4 Å². The second-order valence-electron chi connectivity index (χ2n) is 5.24. The molecule has 2 rings (SSSR count). The fourth-order valence-corrected chi connectivity index (χ4v) is 4.33. The summed E-state index contributed by atoms with van der Waals surface area (Å²) in [5, 5.41) is 3.04. The van der Waals surface area contributed by atoms with E-state index in [0.29, 0.717) is 24.7 Å². The number of nitrogens with zero attached hydrogens (tertiary/aromatic N) is 2. The fourth-order valence-electron chi connectivity index (χ4n) is 2.76. The van der Waals surface area contributed by atoms with Gasteiger partial charge in [-0.2, -0.15) is 4.31 Å². The van der Waals surface area contributed by atoms with Crippen LogP contribution in [0.2, 0.25) is 0 Å². The topological polar surface area (TPSA) is 62.3 Å². The minimum Gasteiger partial charge on any atom is -0.386 e. The van der Waals surface area contributed by atoms with Gasteiger partial charge < -0.3 is 5.32 Å². The number of piperidine rings is 1. The number of sulfonamides is 1. The summed E-state index contributed by atoms with van der Waals surface area (Å²) in [4.78, 5) is 4.06. The Morgan fingerprint density at radius 3 is 2.70 bits per heavy atom. The van der Waals surface area contributed by atoms with Crippen LogP contribution in [0, 0.1) is 5.92 Å². The zero-order chi connectivity index (χ0) is 14.6. The molecule has 1 saturated heterocycles. The van der Waals surface area contributed by atoms with Gasteiger partial charge in [0.25, 0.3) is 10.0 Å². The van der Waals surface area contributed by atoms with E-state index in [-0.39, 0.29) is 5.03 Å². The maximum absolute atomic E-state index is 12.7. The third-order valence-electron chi connectivity index (χ3n) is 3.90. The Kier molecular flexibility index (Phi) is 4.99. The predicted molar refractivity (Wildman–Crippen MR) is 80.2 cm³/mol. The van der Waals surface area contributed by atoms with E-state index in [2.05, 4.69) is 17.2 Å². The van der Waals surface area contributed by atoms with Crippen molar-refractivity contribution in [3.05, 3.63) is 18.3 Å². The van der Waals surface area contributed by atoms with E-state index in [1.807, 2.05) is 0 Å². The van der Waals surface area contributed by atoms with Gasteiger partial charge in [-0.3, -0.25) is 0 Å². The molecule has 2 heterocycles. The van der Waals surface area contributed by atoms with E-state index in [9.17, 15) is 8.42 Å². The average Bonchev–Trinajstić information content (AvgIpc) is 2.48. The van der Waals surface area contributed by atoms with Crippen molar-refractivity contribution in [2.45, 2.75) is 37.6 Å². The third-order valence-corrected chi connectivity index (χ3v) is 5.75. The Morgan fingerprint density at radius 2 is 2.10 bits per heavy atom. The molecule has 1 aromatic rings. The lowest BCUT2D eigenvalue weighted by molar-refractivity contribution is 0.262. The maximum atomic E-state index is 12.7. The van der Waals surface area contributed by atoms with Gasteiger partial charge in [-0.1, -0.05) is 19.8 Å². The zero-order valence-corrected chi connectivity index (χ0v) is 13.0. The van der Waals surface area contributed by atoms with Crippen molar-refractivity contribution in [3.8, 4) is 0 Å². The number of hydrogen-bond acceptors (Lipinski definition) is 4. The van der Waals surface area contributed by atoms with Crippen molar-refractivity contribution in [2.75, 3.05) is 25.5 Å². The Hall–Kier alpha value is -1.14. The van der Waals surface area contributed by atoms with Crippen LogP contribution < -0.4 is 5.32 Å². The molecule has 0 saturated carbocycles. The summed E-state index contributed by atoms with van der Waals surface area (Å²) in [6.45, 7) is 3.38. The van der Waals surface area contributed by atoms with E-state index in [0.717, 1.165) is 12.8 Å². The van der Waals surface area contributed by atoms with Crippen LogP contribution in [0.1, 0.15) is 32.6 Å². The van der Waals surface area contributed by atoms with Crippen LogP contribution in [-0.2, 0) is 10.0 Å². The molecule has 6 heteroatoms. The zero-order valence-electron chi connectivity index (χ0n) is 12.2. The summed E-state index contributed by atoms with van der Waals surface area (Å²) in [5.74, 6) is 0.666. The molecule has 0 amide bonds. The summed E-state index contributed by atoms with van der Waals surface area (Å²) in [7, 11) is -1.77. The first-order valence-corrected chi connectivity index (χ1v) is 8.66.